The summed E-state index contributed by atoms with van der Waals surface area (Å²) in [5, 5.41) is 21.6. The minimum absolute atomic E-state index is 0.0260. The predicted octanol–water partition coefficient (Wildman–Crippen LogP) is 10.3. The summed E-state index contributed by atoms with van der Waals surface area (Å²) in [7, 11) is 0. The fraction of sp³-hybridized carbons (Fsp3) is 0.649. The first-order chi connectivity index (χ1) is 18.3. The van der Waals surface area contributed by atoms with Gasteiger partial charge in [0, 0.05) is 23.5 Å². The van der Waals surface area contributed by atoms with E-state index < -0.39 is 5.97 Å². The second kappa shape index (κ2) is 12.3. The Morgan fingerprint density at radius 2 is 1.07 bits per heavy atom. The molecule has 0 amide bonds. The number of aromatic hydroxyl groups is 1. The van der Waals surface area contributed by atoms with Crippen molar-refractivity contribution < 1.29 is 15.0 Å². The molecule has 3 heteroatoms. The molecule has 2 aromatic carbocycles. The molecule has 2 aromatic rings. The first kappa shape index (κ1) is 33.9. The molecule has 224 valence electrons. The number of carbonyl (C=O) groups is 1. The molecule has 0 aliphatic heterocycles. The first-order valence-corrected chi connectivity index (χ1v) is 15.6. The number of aliphatic carboxylic acids is 1. The fourth-order valence-corrected chi connectivity index (χ4v) is 5.44. The molecule has 0 spiro atoms. The van der Waals surface area contributed by atoms with E-state index in [4.69, 9.17) is 0 Å². The molecule has 1 atom stereocenters. The van der Waals surface area contributed by atoms with Crippen molar-refractivity contribution >= 4 is 5.97 Å². The molecule has 0 saturated heterocycles. The average Bonchev–Trinajstić information content (AvgIpc) is 2.90. The highest BCUT2D eigenvalue weighted by Gasteiger charge is 2.33. The Morgan fingerprint density at radius 3 is 1.50 bits per heavy atom. The van der Waals surface area contributed by atoms with E-state index in [-0.39, 0.29) is 34.0 Å². The van der Waals surface area contributed by atoms with E-state index in [0.29, 0.717) is 12.2 Å². The molecule has 0 fully saturated rings. The van der Waals surface area contributed by atoms with Crippen LogP contribution in [0.15, 0.2) is 24.3 Å². The Hall–Kier alpha value is -2.29. The molecule has 1 unspecified atom stereocenters. The van der Waals surface area contributed by atoms with Crippen molar-refractivity contribution in [2.24, 2.45) is 0 Å². The number of benzene rings is 2. The minimum atomic E-state index is -0.779. The van der Waals surface area contributed by atoms with Crippen molar-refractivity contribution in [2.75, 3.05) is 0 Å². The number of rotatable bonds is 13. The molecule has 2 rings (SSSR count). The maximum absolute atomic E-state index is 11.9. The van der Waals surface area contributed by atoms with Crippen LogP contribution in [0.4, 0.5) is 0 Å². The van der Waals surface area contributed by atoms with E-state index in [1.807, 2.05) is 0 Å². The van der Waals surface area contributed by atoms with E-state index in [9.17, 15) is 15.0 Å². The summed E-state index contributed by atoms with van der Waals surface area (Å²) in [6.07, 6.45) is 4.44. The molecule has 0 bridgehead atoms. The Bertz CT molecular complexity index is 1200. The van der Waals surface area contributed by atoms with Gasteiger partial charge in [-0.3, -0.25) is 4.79 Å². The molecule has 3 nitrogen and oxygen atoms in total. The van der Waals surface area contributed by atoms with Crippen LogP contribution in [-0.4, -0.2) is 16.2 Å². The summed E-state index contributed by atoms with van der Waals surface area (Å²) in [4.78, 5) is 11.8. The lowest BCUT2D eigenvalue weighted by Crippen LogP contribution is -2.25. The molecule has 0 radical (unpaired) electrons. The van der Waals surface area contributed by atoms with Gasteiger partial charge in [-0.25, -0.2) is 0 Å². The average molecular weight is 551 g/mol. The Morgan fingerprint density at radius 1 is 0.675 bits per heavy atom. The maximum Gasteiger partial charge on any atom is 0.303 e. The largest absolute Gasteiger partial charge is 0.507 e. The summed E-state index contributed by atoms with van der Waals surface area (Å²) >= 11 is 0. The lowest BCUT2D eigenvalue weighted by Gasteiger charge is -2.35. The third-order valence-corrected chi connectivity index (χ3v) is 10.5. The van der Waals surface area contributed by atoms with Crippen molar-refractivity contribution in [3.05, 3.63) is 63.2 Å². The highest BCUT2D eigenvalue weighted by molar-refractivity contribution is 5.67. The van der Waals surface area contributed by atoms with Crippen LogP contribution in [0.2, 0.25) is 0 Å². The van der Waals surface area contributed by atoms with Crippen LogP contribution in [0.25, 0.3) is 0 Å². The Kier molecular flexibility index (Phi) is 10.4. The van der Waals surface area contributed by atoms with Crippen molar-refractivity contribution in [3.8, 4) is 5.75 Å². The molecule has 0 heterocycles. The van der Waals surface area contributed by atoms with Crippen LogP contribution >= 0.6 is 0 Å². The quantitative estimate of drug-likeness (QED) is 0.261. The molecule has 0 aliphatic carbocycles. The summed E-state index contributed by atoms with van der Waals surface area (Å²) in [5.74, 6) is -0.490. The van der Waals surface area contributed by atoms with Crippen LogP contribution in [0.1, 0.15) is 167 Å². The second-order valence-electron chi connectivity index (χ2n) is 14.6. The number of hydrogen-bond donors (Lipinski definition) is 2. The van der Waals surface area contributed by atoms with E-state index >= 15 is 0 Å². The number of hydrogen-bond acceptors (Lipinski definition) is 2. The zero-order valence-corrected chi connectivity index (χ0v) is 27.9. The van der Waals surface area contributed by atoms with Crippen molar-refractivity contribution in [1.29, 1.82) is 0 Å². The van der Waals surface area contributed by atoms with Gasteiger partial charge in [-0.05, 0) is 81.6 Å². The lowest BCUT2D eigenvalue weighted by molar-refractivity contribution is -0.136. The van der Waals surface area contributed by atoms with Gasteiger partial charge < -0.3 is 10.2 Å². The number of phenols is 1. The van der Waals surface area contributed by atoms with Gasteiger partial charge in [-0.1, -0.05) is 114 Å². The van der Waals surface area contributed by atoms with Gasteiger partial charge in [-0.15, -0.1) is 0 Å². The van der Waals surface area contributed by atoms with Crippen LogP contribution < -0.4 is 0 Å². The summed E-state index contributed by atoms with van der Waals surface area (Å²) in [5.41, 5.74) is 7.67. The summed E-state index contributed by atoms with van der Waals surface area (Å²) in [6, 6.07) is 9.12. The Labute approximate surface area is 245 Å². The van der Waals surface area contributed by atoms with E-state index in [1.165, 1.54) is 16.7 Å². The standard InChI is InChI=1S/C37H58O3/c1-14-34(6,7)25-20-28(27(18-19-32(38)39)30(22-25)36(10,11)16-3)24(5)29-21-26(35(8,9)15-2)23-31(33(29)40)37(12,13)17-4/h20-24,40H,14-19H2,1-13H3,(H,38,39). The second-order valence-corrected chi connectivity index (χ2v) is 14.6. The zero-order valence-electron chi connectivity index (χ0n) is 27.9. The Balaban J connectivity index is 3.06. The van der Waals surface area contributed by atoms with Crippen LogP contribution in [0, 0.1) is 0 Å². The van der Waals surface area contributed by atoms with Crippen molar-refractivity contribution in [1.82, 2.24) is 0 Å². The highest BCUT2D eigenvalue weighted by atomic mass is 16.4. The van der Waals surface area contributed by atoms with Crippen LogP contribution in [-0.2, 0) is 32.9 Å². The van der Waals surface area contributed by atoms with Gasteiger partial charge in [0.1, 0.15) is 5.75 Å². The molecule has 0 saturated carbocycles. The SMILES string of the molecule is CCC(C)(C)c1cc(C(C)c2cc(C(C)(C)CC)cc(C(C)(C)CC)c2CCC(=O)O)c(O)c(C(C)(C)CC)c1. The topological polar surface area (TPSA) is 57.5 Å². The van der Waals surface area contributed by atoms with Crippen molar-refractivity contribution in [2.45, 2.75) is 156 Å². The smallest absolute Gasteiger partial charge is 0.303 e. The molecular formula is C37H58O3. The lowest BCUT2D eigenvalue weighted by atomic mass is 9.70. The van der Waals surface area contributed by atoms with Gasteiger partial charge in [-0.2, -0.15) is 0 Å². The minimum Gasteiger partial charge on any atom is -0.507 e. The third-order valence-electron chi connectivity index (χ3n) is 10.5. The van der Waals surface area contributed by atoms with Crippen LogP contribution in [0.5, 0.6) is 5.75 Å². The summed E-state index contributed by atoms with van der Waals surface area (Å²) < 4.78 is 0. The van der Waals surface area contributed by atoms with E-state index in [0.717, 1.165) is 47.9 Å². The van der Waals surface area contributed by atoms with E-state index in [2.05, 4.69) is 114 Å². The molecule has 2 N–H and O–H groups in total. The molecule has 0 aliphatic rings. The highest BCUT2D eigenvalue weighted by Crippen LogP contribution is 2.46. The predicted molar refractivity (Wildman–Crippen MR) is 171 cm³/mol. The van der Waals surface area contributed by atoms with Gasteiger partial charge in [0.25, 0.3) is 0 Å². The molecular weight excluding hydrogens is 492 g/mol. The molecule has 40 heavy (non-hydrogen) atoms. The third kappa shape index (κ3) is 6.94. The number of carboxylic acids is 1. The monoisotopic (exact) mass is 550 g/mol. The molecule has 0 aromatic heterocycles. The van der Waals surface area contributed by atoms with E-state index in [1.54, 1.807) is 0 Å². The first-order valence-electron chi connectivity index (χ1n) is 15.6. The normalized spacial score (nSPS) is 13.9. The zero-order chi connectivity index (χ0) is 30.8. The van der Waals surface area contributed by atoms with Gasteiger partial charge in [0.15, 0.2) is 0 Å². The number of carboxylic acid groups (broad SMARTS) is 1. The number of phenolic OH excluding ortho intramolecular Hbond substituents is 1. The van der Waals surface area contributed by atoms with Crippen molar-refractivity contribution in [3.63, 3.8) is 0 Å². The van der Waals surface area contributed by atoms with Crippen LogP contribution in [0.3, 0.4) is 0 Å². The maximum atomic E-state index is 11.9. The fourth-order valence-electron chi connectivity index (χ4n) is 5.44. The van der Waals surface area contributed by atoms with Gasteiger partial charge in [0.2, 0.25) is 0 Å². The van der Waals surface area contributed by atoms with Gasteiger partial charge in [0.05, 0.1) is 0 Å². The summed E-state index contributed by atoms with van der Waals surface area (Å²) in [6.45, 7) is 29.2. The van der Waals surface area contributed by atoms with Gasteiger partial charge >= 0.3 is 5.97 Å².